The van der Waals surface area contributed by atoms with E-state index >= 15 is 0 Å². The van der Waals surface area contributed by atoms with Crippen molar-refractivity contribution in [1.29, 1.82) is 0 Å². The van der Waals surface area contributed by atoms with Crippen molar-refractivity contribution in [2.75, 3.05) is 5.32 Å². The normalized spacial score (nSPS) is 10.6. The zero-order valence-corrected chi connectivity index (χ0v) is 13.7. The smallest absolute Gasteiger partial charge is 0.203 e. The van der Waals surface area contributed by atoms with Crippen LogP contribution < -0.4 is 5.32 Å². The van der Waals surface area contributed by atoms with Crippen LogP contribution in [-0.4, -0.2) is 14.7 Å². The van der Waals surface area contributed by atoms with Gasteiger partial charge in [-0.25, -0.2) is 4.98 Å². The Morgan fingerprint density at radius 1 is 1.18 bits per heavy atom. The van der Waals surface area contributed by atoms with Gasteiger partial charge >= 0.3 is 0 Å². The molecule has 3 aromatic rings. The number of benzene rings is 2. The van der Waals surface area contributed by atoms with E-state index in [2.05, 4.69) is 38.4 Å². The minimum atomic E-state index is 0.288. The molecule has 2 aromatic carbocycles. The summed E-state index contributed by atoms with van der Waals surface area (Å²) in [4.78, 5) is 4.42. The third-order valence-electron chi connectivity index (χ3n) is 3.54. The van der Waals surface area contributed by atoms with Crippen LogP contribution in [0.3, 0.4) is 0 Å². The lowest BCUT2D eigenvalue weighted by molar-refractivity contribution is 0.469. The van der Waals surface area contributed by atoms with Crippen molar-refractivity contribution in [1.82, 2.24) is 9.55 Å². The molecule has 1 heterocycles. The highest BCUT2D eigenvalue weighted by atomic mass is 79.9. The average molecular weight is 358 g/mol. The molecule has 0 aliphatic heterocycles. The maximum Gasteiger partial charge on any atom is 0.203 e. The monoisotopic (exact) mass is 357 g/mol. The second kappa shape index (κ2) is 6.23. The third-order valence-corrected chi connectivity index (χ3v) is 4.03. The molecule has 1 aromatic heterocycles. The van der Waals surface area contributed by atoms with Crippen molar-refractivity contribution >= 4 is 21.9 Å². The fourth-order valence-electron chi connectivity index (χ4n) is 2.32. The van der Waals surface area contributed by atoms with Crippen LogP contribution in [0.5, 0.6) is 5.75 Å². The summed E-state index contributed by atoms with van der Waals surface area (Å²) < 4.78 is 3.04. The highest BCUT2D eigenvalue weighted by Gasteiger charge is 2.09. The van der Waals surface area contributed by atoms with Crippen molar-refractivity contribution in [3.63, 3.8) is 0 Å². The van der Waals surface area contributed by atoms with E-state index in [-0.39, 0.29) is 5.75 Å². The maximum absolute atomic E-state index is 9.80. The first-order valence-corrected chi connectivity index (χ1v) is 7.73. The van der Waals surface area contributed by atoms with Crippen molar-refractivity contribution in [2.45, 2.75) is 6.54 Å². The molecule has 3 rings (SSSR count). The summed E-state index contributed by atoms with van der Waals surface area (Å²) in [7, 11) is 1.97. The number of hydrogen-bond donors (Lipinski definition) is 2. The third kappa shape index (κ3) is 2.99. The number of hydrogen-bond acceptors (Lipinski definition) is 3. The van der Waals surface area contributed by atoms with Gasteiger partial charge in [0.25, 0.3) is 0 Å². The molecule has 0 radical (unpaired) electrons. The standard InChI is InChI=1S/C17H16BrN3O/c1-21-15(12-6-4-7-14(18)9-12)11-20-17(21)19-10-13-5-2-3-8-16(13)22/h2-9,11,22H,10H2,1H3,(H,19,20). The second-order valence-electron chi connectivity index (χ2n) is 5.02. The molecule has 22 heavy (non-hydrogen) atoms. The Hall–Kier alpha value is -2.27. The van der Waals surface area contributed by atoms with Crippen LogP contribution in [0.4, 0.5) is 5.95 Å². The fraction of sp³-hybridized carbons (Fsp3) is 0.118. The van der Waals surface area contributed by atoms with Crippen molar-refractivity contribution < 1.29 is 5.11 Å². The van der Waals surface area contributed by atoms with Gasteiger partial charge < -0.3 is 15.0 Å². The Bertz CT molecular complexity index is 798. The van der Waals surface area contributed by atoms with Crippen LogP contribution in [0.2, 0.25) is 0 Å². The Kier molecular flexibility index (Phi) is 4.15. The Morgan fingerprint density at radius 2 is 2.00 bits per heavy atom. The zero-order valence-electron chi connectivity index (χ0n) is 12.1. The number of phenols is 1. The number of aromatic nitrogens is 2. The van der Waals surface area contributed by atoms with E-state index in [0.29, 0.717) is 6.54 Å². The number of imidazole rings is 1. The summed E-state index contributed by atoms with van der Waals surface area (Å²) in [5.41, 5.74) is 2.97. The highest BCUT2D eigenvalue weighted by molar-refractivity contribution is 9.10. The maximum atomic E-state index is 9.80. The zero-order chi connectivity index (χ0) is 15.5. The van der Waals surface area contributed by atoms with Gasteiger partial charge in [-0.15, -0.1) is 0 Å². The Morgan fingerprint density at radius 3 is 2.77 bits per heavy atom. The van der Waals surface area contributed by atoms with Gasteiger partial charge in [0.2, 0.25) is 5.95 Å². The largest absolute Gasteiger partial charge is 0.508 e. The summed E-state index contributed by atoms with van der Waals surface area (Å²) in [5, 5.41) is 13.1. The van der Waals surface area contributed by atoms with E-state index in [9.17, 15) is 5.11 Å². The minimum absolute atomic E-state index is 0.288. The lowest BCUT2D eigenvalue weighted by atomic mass is 10.2. The molecule has 4 nitrogen and oxygen atoms in total. The van der Waals surface area contributed by atoms with E-state index in [0.717, 1.165) is 27.2 Å². The first-order chi connectivity index (χ1) is 10.6. The van der Waals surface area contributed by atoms with E-state index in [1.807, 2.05) is 48.1 Å². The van der Waals surface area contributed by atoms with Gasteiger partial charge in [0.15, 0.2) is 0 Å². The van der Waals surface area contributed by atoms with Crippen LogP contribution in [0.15, 0.2) is 59.2 Å². The summed E-state index contributed by atoms with van der Waals surface area (Å²) in [6.07, 6.45) is 1.84. The van der Waals surface area contributed by atoms with E-state index in [1.165, 1.54) is 0 Å². The van der Waals surface area contributed by atoms with E-state index in [1.54, 1.807) is 6.07 Å². The van der Waals surface area contributed by atoms with Crippen molar-refractivity contribution in [3.05, 3.63) is 64.8 Å². The molecule has 0 unspecified atom stereocenters. The van der Waals surface area contributed by atoms with Crippen LogP contribution in [-0.2, 0) is 13.6 Å². The Balaban J connectivity index is 1.81. The summed E-state index contributed by atoms with van der Waals surface area (Å²) >= 11 is 3.49. The van der Waals surface area contributed by atoms with Gasteiger partial charge in [-0.05, 0) is 18.2 Å². The quantitative estimate of drug-likeness (QED) is 0.736. The molecule has 2 N–H and O–H groups in total. The molecular formula is C17H16BrN3O. The van der Waals surface area contributed by atoms with Gasteiger partial charge in [0, 0.05) is 29.2 Å². The van der Waals surface area contributed by atoms with E-state index < -0.39 is 0 Å². The molecule has 0 amide bonds. The van der Waals surface area contributed by atoms with Gasteiger partial charge in [-0.2, -0.15) is 0 Å². The molecular weight excluding hydrogens is 342 g/mol. The fourth-order valence-corrected chi connectivity index (χ4v) is 2.72. The summed E-state index contributed by atoms with van der Waals surface area (Å²) in [6, 6.07) is 15.4. The number of aromatic hydroxyl groups is 1. The van der Waals surface area contributed by atoms with Crippen molar-refractivity contribution in [2.24, 2.45) is 7.05 Å². The number of nitrogens with zero attached hydrogens (tertiary/aromatic N) is 2. The number of rotatable bonds is 4. The van der Waals surface area contributed by atoms with Gasteiger partial charge in [-0.1, -0.05) is 46.3 Å². The van der Waals surface area contributed by atoms with Gasteiger partial charge in [0.05, 0.1) is 11.9 Å². The molecule has 0 fully saturated rings. The topological polar surface area (TPSA) is 50.1 Å². The number of para-hydroxylation sites is 1. The molecule has 5 heteroatoms. The Labute approximate surface area is 137 Å². The van der Waals surface area contributed by atoms with Gasteiger partial charge in [0.1, 0.15) is 5.75 Å². The highest BCUT2D eigenvalue weighted by Crippen LogP contribution is 2.25. The molecule has 0 bridgehead atoms. The molecule has 0 atom stereocenters. The predicted octanol–water partition coefficient (Wildman–Crippen LogP) is 4.17. The van der Waals surface area contributed by atoms with E-state index in [4.69, 9.17) is 0 Å². The molecule has 112 valence electrons. The number of nitrogens with one attached hydrogen (secondary N) is 1. The number of phenolic OH excluding ortho intramolecular Hbond substituents is 1. The molecule has 0 aliphatic carbocycles. The molecule has 0 spiro atoms. The number of halogens is 1. The average Bonchev–Trinajstić information content (AvgIpc) is 2.87. The lowest BCUT2D eigenvalue weighted by Crippen LogP contribution is -2.05. The van der Waals surface area contributed by atoms with Crippen molar-refractivity contribution in [3.8, 4) is 17.0 Å². The van der Waals surface area contributed by atoms with Crippen LogP contribution in [0.25, 0.3) is 11.3 Å². The molecule has 0 saturated heterocycles. The van der Waals surface area contributed by atoms with Crippen LogP contribution in [0, 0.1) is 0 Å². The summed E-state index contributed by atoms with van der Waals surface area (Å²) in [5.74, 6) is 1.05. The predicted molar refractivity (Wildman–Crippen MR) is 91.8 cm³/mol. The number of anilines is 1. The first-order valence-electron chi connectivity index (χ1n) is 6.93. The second-order valence-corrected chi connectivity index (χ2v) is 5.93. The summed E-state index contributed by atoms with van der Waals surface area (Å²) in [6.45, 7) is 0.523. The van der Waals surface area contributed by atoms with Crippen LogP contribution >= 0.6 is 15.9 Å². The first kappa shape index (κ1) is 14.7. The lowest BCUT2D eigenvalue weighted by Gasteiger charge is -2.09. The molecule has 0 saturated carbocycles. The van der Waals surface area contributed by atoms with Gasteiger partial charge in [-0.3, -0.25) is 0 Å². The van der Waals surface area contributed by atoms with Crippen LogP contribution in [0.1, 0.15) is 5.56 Å². The SMILES string of the molecule is Cn1c(-c2cccc(Br)c2)cnc1NCc1ccccc1O. The minimum Gasteiger partial charge on any atom is -0.508 e. The molecule has 0 aliphatic rings.